The number of hydrogen-bond donors (Lipinski definition) is 5. The van der Waals surface area contributed by atoms with E-state index in [-0.39, 0.29) is 25.0 Å². The van der Waals surface area contributed by atoms with Crippen molar-refractivity contribution in [3.05, 3.63) is 70.9 Å². The molecule has 1 amide bonds. The van der Waals surface area contributed by atoms with Crippen LogP contribution in [0.15, 0.2) is 54.6 Å². The Balaban J connectivity index is 1.55. The Bertz CT molecular complexity index is 1110. The summed E-state index contributed by atoms with van der Waals surface area (Å²) in [5.41, 5.74) is 1.87. The van der Waals surface area contributed by atoms with Crippen molar-refractivity contribution in [1.82, 2.24) is 10.3 Å². The van der Waals surface area contributed by atoms with Gasteiger partial charge in [-0.05, 0) is 49.1 Å². The molecule has 1 heterocycles. The number of Topliss-reactive ketones (excluding diaryl/α,β-unsaturated/α-hetero) is 1. The van der Waals surface area contributed by atoms with Crippen molar-refractivity contribution in [2.75, 3.05) is 0 Å². The minimum absolute atomic E-state index is 0.0891. The minimum Gasteiger partial charge on any atom is -0.390 e. The Hall–Kier alpha value is -2.71. The first kappa shape index (κ1) is 22.5. The summed E-state index contributed by atoms with van der Waals surface area (Å²) in [7, 11) is 0. The number of benzene rings is 2. The molecule has 0 bridgehead atoms. The maximum atomic E-state index is 13.0. The Morgan fingerprint density at radius 2 is 1.75 bits per heavy atom. The largest absolute Gasteiger partial charge is 0.390 e. The molecule has 1 aliphatic carbocycles. The molecule has 2 aromatic carbocycles. The van der Waals surface area contributed by atoms with Crippen molar-refractivity contribution < 1.29 is 24.9 Å². The van der Waals surface area contributed by atoms with Crippen LogP contribution in [0.25, 0.3) is 10.9 Å². The summed E-state index contributed by atoms with van der Waals surface area (Å²) >= 11 is 6.02. The maximum absolute atomic E-state index is 13.0. The van der Waals surface area contributed by atoms with Gasteiger partial charge in [-0.3, -0.25) is 9.59 Å². The van der Waals surface area contributed by atoms with Crippen LogP contribution in [0.2, 0.25) is 5.02 Å². The van der Waals surface area contributed by atoms with Crippen molar-refractivity contribution in [3.63, 3.8) is 0 Å². The van der Waals surface area contributed by atoms with Gasteiger partial charge in [-0.15, -0.1) is 0 Å². The number of nitrogens with one attached hydrogen (secondary N) is 2. The van der Waals surface area contributed by atoms with Gasteiger partial charge in [0.1, 0.15) is 11.8 Å². The van der Waals surface area contributed by atoms with Crippen molar-refractivity contribution in [3.8, 4) is 0 Å². The van der Waals surface area contributed by atoms with Crippen LogP contribution < -0.4 is 5.32 Å². The van der Waals surface area contributed by atoms with Crippen LogP contribution in [0.3, 0.4) is 0 Å². The van der Waals surface area contributed by atoms with E-state index in [0.717, 1.165) is 16.5 Å². The number of aliphatic hydroxyl groups excluding tert-OH is 3. The Labute approximate surface area is 190 Å². The highest BCUT2D eigenvalue weighted by molar-refractivity contribution is 6.31. The lowest BCUT2D eigenvalue weighted by Crippen LogP contribution is -2.49. The molecular weight excluding hydrogens is 432 g/mol. The number of aromatic amines is 1. The zero-order chi connectivity index (χ0) is 22.8. The maximum Gasteiger partial charge on any atom is 0.268 e. The Kier molecular flexibility index (Phi) is 6.62. The van der Waals surface area contributed by atoms with Crippen molar-refractivity contribution in [2.24, 2.45) is 5.92 Å². The first-order chi connectivity index (χ1) is 15.3. The normalized spacial score (nSPS) is 22.6. The lowest BCUT2D eigenvalue weighted by molar-refractivity contribution is -0.132. The number of hydrogen-bond acceptors (Lipinski definition) is 5. The van der Waals surface area contributed by atoms with E-state index in [9.17, 15) is 24.9 Å². The highest BCUT2D eigenvalue weighted by Crippen LogP contribution is 2.28. The zero-order valence-electron chi connectivity index (χ0n) is 17.2. The summed E-state index contributed by atoms with van der Waals surface area (Å²) in [6.45, 7) is 0. The van der Waals surface area contributed by atoms with Gasteiger partial charge in [0.05, 0.1) is 18.2 Å². The fourth-order valence-corrected chi connectivity index (χ4v) is 4.43. The average Bonchev–Trinajstić information content (AvgIpc) is 3.35. The number of amides is 1. The SMILES string of the molecule is O=C(N[C@@H](Cc1ccccc1)[C@@H](O)C(=O)C1C[C@@H](O)[C@@H](O)C1)c1cc2cc(Cl)ccc2[nH]1. The number of halogens is 1. The second kappa shape index (κ2) is 9.42. The number of ketones is 1. The van der Waals surface area contributed by atoms with Gasteiger partial charge in [-0.1, -0.05) is 41.9 Å². The summed E-state index contributed by atoms with van der Waals surface area (Å²) < 4.78 is 0. The van der Waals surface area contributed by atoms with Crippen LogP contribution in [-0.2, 0) is 11.2 Å². The van der Waals surface area contributed by atoms with E-state index < -0.39 is 42.0 Å². The fraction of sp³-hybridized carbons (Fsp3) is 0.333. The predicted octanol–water partition coefficient (Wildman–Crippen LogP) is 2.22. The molecule has 8 heteroatoms. The third-order valence-corrected chi connectivity index (χ3v) is 6.25. The molecule has 0 spiro atoms. The number of aliphatic hydroxyl groups is 3. The molecule has 1 aliphatic rings. The topological polar surface area (TPSA) is 123 Å². The van der Waals surface area contributed by atoms with Crippen molar-refractivity contribution in [1.29, 1.82) is 0 Å². The number of aromatic nitrogens is 1. The van der Waals surface area contributed by atoms with Gasteiger partial charge in [0, 0.05) is 21.8 Å². The van der Waals surface area contributed by atoms with Gasteiger partial charge in [0.15, 0.2) is 5.78 Å². The molecular formula is C24H25ClN2O5. The highest BCUT2D eigenvalue weighted by Gasteiger charge is 2.40. The summed E-state index contributed by atoms with van der Waals surface area (Å²) in [5, 5.41) is 34.6. The van der Waals surface area contributed by atoms with Crippen LogP contribution >= 0.6 is 11.6 Å². The summed E-state index contributed by atoms with van der Waals surface area (Å²) in [5.74, 6) is -1.62. The van der Waals surface area contributed by atoms with E-state index >= 15 is 0 Å². The van der Waals surface area contributed by atoms with Gasteiger partial charge in [0.25, 0.3) is 5.91 Å². The van der Waals surface area contributed by atoms with Crippen LogP contribution in [0.1, 0.15) is 28.9 Å². The number of carbonyl (C=O) groups excluding carboxylic acids is 2. The average molecular weight is 457 g/mol. The quantitative estimate of drug-likeness (QED) is 0.373. The molecule has 7 nitrogen and oxygen atoms in total. The van der Waals surface area contributed by atoms with Crippen LogP contribution in [0.5, 0.6) is 0 Å². The Morgan fingerprint density at radius 1 is 1.06 bits per heavy atom. The zero-order valence-corrected chi connectivity index (χ0v) is 18.0. The van der Waals surface area contributed by atoms with Gasteiger partial charge in [-0.2, -0.15) is 0 Å². The molecule has 1 unspecified atom stereocenters. The van der Waals surface area contributed by atoms with Crippen LogP contribution in [0.4, 0.5) is 0 Å². The van der Waals surface area contributed by atoms with Crippen molar-refractivity contribution >= 4 is 34.2 Å². The highest BCUT2D eigenvalue weighted by atomic mass is 35.5. The molecule has 0 saturated heterocycles. The summed E-state index contributed by atoms with van der Waals surface area (Å²) in [6.07, 6.45) is -3.05. The molecule has 0 aliphatic heterocycles. The first-order valence-electron chi connectivity index (χ1n) is 10.5. The molecule has 168 valence electrons. The molecule has 1 fully saturated rings. The number of fused-ring (bicyclic) bond motifs is 1. The van der Waals surface area contributed by atoms with Gasteiger partial charge >= 0.3 is 0 Å². The van der Waals surface area contributed by atoms with Crippen molar-refractivity contribution in [2.45, 2.75) is 43.6 Å². The third kappa shape index (κ3) is 4.86. The van der Waals surface area contributed by atoms with Gasteiger partial charge in [0.2, 0.25) is 0 Å². The smallest absolute Gasteiger partial charge is 0.268 e. The molecule has 1 aromatic heterocycles. The number of rotatable bonds is 7. The Morgan fingerprint density at radius 3 is 2.44 bits per heavy atom. The van der Waals surface area contributed by atoms with E-state index in [1.54, 1.807) is 24.3 Å². The van der Waals surface area contributed by atoms with Crippen LogP contribution in [0, 0.1) is 5.92 Å². The summed E-state index contributed by atoms with van der Waals surface area (Å²) in [4.78, 5) is 28.9. The van der Waals surface area contributed by atoms with E-state index in [4.69, 9.17) is 11.6 Å². The standard InChI is InChI=1S/C24H25ClN2O5/c25-16-6-7-17-14(9-16)10-19(26-17)24(32)27-18(8-13-4-2-1-3-5-13)23(31)22(30)15-11-20(28)21(29)12-15/h1-7,9-10,15,18,20-21,23,26,28-29,31H,8,11-12H2,(H,27,32)/t15?,18-,20-,21+,23+/m0/s1. The second-order valence-electron chi connectivity index (χ2n) is 8.33. The third-order valence-electron chi connectivity index (χ3n) is 6.01. The molecule has 32 heavy (non-hydrogen) atoms. The van der Waals surface area contributed by atoms with E-state index in [1.165, 1.54) is 0 Å². The van der Waals surface area contributed by atoms with Gasteiger partial charge in [-0.25, -0.2) is 0 Å². The van der Waals surface area contributed by atoms with Crippen LogP contribution in [-0.4, -0.2) is 56.3 Å². The number of H-pyrrole nitrogens is 1. The number of carbonyl (C=O) groups is 2. The minimum atomic E-state index is -1.49. The predicted molar refractivity (Wildman–Crippen MR) is 120 cm³/mol. The fourth-order valence-electron chi connectivity index (χ4n) is 4.25. The first-order valence-corrected chi connectivity index (χ1v) is 10.9. The molecule has 5 atom stereocenters. The molecule has 3 aromatic rings. The summed E-state index contributed by atoms with van der Waals surface area (Å²) in [6, 6.07) is 15.2. The van der Waals surface area contributed by atoms with E-state index in [1.807, 2.05) is 30.3 Å². The molecule has 0 radical (unpaired) electrons. The van der Waals surface area contributed by atoms with E-state index in [2.05, 4.69) is 10.3 Å². The molecule has 4 rings (SSSR count). The lowest BCUT2D eigenvalue weighted by Gasteiger charge is -2.25. The lowest BCUT2D eigenvalue weighted by atomic mass is 9.91. The monoisotopic (exact) mass is 456 g/mol. The molecule has 1 saturated carbocycles. The second-order valence-corrected chi connectivity index (χ2v) is 8.77. The van der Waals surface area contributed by atoms with E-state index in [0.29, 0.717) is 5.02 Å². The van der Waals surface area contributed by atoms with Gasteiger partial charge < -0.3 is 25.6 Å². The molecule has 5 N–H and O–H groups in total.